The second-order valence-corrected chi connectivity index (χ2v) is 9.98. The van der Waals surface area contributed by atoms with Crippen molar-refractivity contribution in [3.05, 3.63) is 92.5 Å². The normalized spacial score (nSPS) is 11.7. The lowest BCUT2D eigenvalue weighted by molar-refractivity contribution is 0.409. The molecule has 0 aliphatic heterocycles. The molecule has 1 aromatic heterocycles. The van der Waals surface area contributed by atoms with Crippen LogP contribution < -0.4 is 14.3 Å². The molecule has 0 saturated carbocycles. The van der Waals surface area contributed by atoms with Crippen LogP contribution in [0.4, 0.5) is 0 Å². The van der Waals surface area contributed by atoms with E-state index in [0.29, 0.717) is 27.5 Å². The van der Waals surface area contributed by atoms with Crippen LogP contribution in [-0.4, -0.2) is 20.1 Å². The van der Waals surface area contributed by atoms with E-state index in [1.54, 1.807) is 28.8 Å². The summed E-state index contributed by atoms with van der Waals surface area (Å²) < 4.78 is 35.7. The van der Waals surface area contributed by atoms with Crippen LogP contribution in [0.25, 0.3) is 10.2 Å². The number of fused-ring (bicyclic) bond motifs is 1. The molecule has 160 valence electrons. The molecule has 4 rings (SSSR count). The Morgan fingerprint density at radius 3 is 2.48 bits per heavy atom. The summed E-state index contributed by atoms with van der Waals surface area (Å²) in [4.78, 5) is 12.5. The molecule has 9 heteroatoms. The van der Waals surface area contributed by atoms with E-state index in [-0.39, 0.29) is 16.3 Å². The first-order valence-electron chi connectivity index (χ1n) is 9.37. The predicted octanol–water partition coefficient (Wildman–Crippen LogP) is 4.25. The number of sulfonamides is 1. The first kappa shape index (κ1) is 21.6. The fraction of sp³-hybridized carbons (Fsp3) is 0.136. The van der Waals surface area contributed by atoms with Gasteiger partial charge in [-0.3, -0.25) is 9.36 Å². The molecule has 0 saturated heterocycles. The van der Waals surface area contributed by atoms with E-state index in [0.717, 1.165) is 22.5 Å². The second-order valence-electron chi connectivity index (χ2n) is 6.81. The molecule has 0 unspecified atom stereocenters. The highest BCUT2D eigenvalue weighted by Gasteiger charge is 2.18. The summed E-state index contributed by atoms with van der Waals surface area (Å²) >= 11 is 7.23. The molecule has 0 aliphatic carbocycles. The molecule has 3 aromatic carbocycles. The number of halogens is 1. The van der Waals surface area contributed by atoms with Crippen molar-refractivity contribution >= 4 is 43.2 Å². The molecular weight excluding hydrogens is 456 g/mol. The summed E-state index contributed by atoms with van der Waals surface area (Å²) in [6.45, 7) is 0.408. The van der Waals surface area contributed by atoms with Crippen LogP contribution in [0.3, 0.4) is 0 Å². The van der Waals surface area contributed by atoms with Gasteiger partial charge < -0.3 is 4.74 Å². The third-order valence-corrected chi connectivity index (χ3v) is 7.59. The molecule has 0 amide bonds. The maximum Gasteiger partial charge on any atom is 0.308 e. The van der Waals surface area contributed by atoms with E-state index in [1.807, 2.05) is 30.3 Å². The molecule has 1 N–H and O–H groups in total. The first-order valence-corrected chi connectivity index (χ1v) is 12.0. The number of hydrogen-bond acceptors (Lipinski definition) is 5. The predicted molar refractivity (Wildman–Crippen MR) is 124 cm³/mol. The van der Waals surface area contributed by atoms with Crippen LogP contribution in [0.15, 0.2) is 76.4 Å². The van der Waals surface area contributed by atoms with Crippen molar-refractivity contribution in [3.63, 3.8) is 0 Å². The van der Waals surface area contributed by atoms with Crippen LogP contribution in [0.1, 0.15) is 11.1 Å². The number of rotatable bonds is 7. The van der Waals surface area contributed by atoms with E-state index >= 15 is 0 Å². The van der Waals surface area contributed by atoms with Gasteiger partial charge in [0, 0.05) is 17.1 Å². The third kappa shape index (κ3) is 4.52. The van der Waals surface area contributed by atoms with Crippen molar-refractivity contribution in [3.8, 4) is 5.75 Å². The van der Waals surface area contributed by atoms with Crippen molar-refractivity contribution in [1.82, 2.24) is 9.29 Å². The topological polar surface area (TPSA) is 77.4 Å². The highest BCUT2D eigenvalue weighted by atomic mass is 35.5. The molecular formula is C22H19ClN2O4S2. The van der Waals surface area contributed by atoms with Gasteiger partial charge >= 0.3 is 4.87 Å². The molecule has 31 heavy (non-hydrogen) atoms. The molecule has 0 bridgehead atoms. The van der Waals surface area contributed by atoms with Gasteiger partial charge in [0.15, 0.2) is 0 Å². The maximum absolute atomic E-state index is 12.8. The zero-order valence-electron chi connectivity index (χ0n) is 16.5. The fourth-order valence-corrected chi connectivity index (χ4v) is 5.50. The monoisotopic (exact) mass is 474 g/mol. The van der Waals surface area contributed by atoms with Gasteiger partial charge in [-0.05, 0) is 35.9 Å². The van der Waals surface area contributed by atoms with Gasteiger partial charge in [-0.2, -0.15) is 0 Å². The molecule has 0 aliphatic rings. The van der Waals surface area contributed by atoms with Crippen molar-refractivity contribution in [2.45, 2.75) is 18.0 Å². The van der Waals surface area contributed by atoms with Crippen LogP contribution >= 0.6 is 22.9 Å². The average Bonchev–Trinajstić information content (AvgIpc) is 3.08. The van der Waals surface area contributed by atoms with E-state index in [1.165, 1.54) is 19.2 Å². The van der Waals surface area contributed by atoms with E-state index in [9.17, 15) is 13.2 Å². The third-order valence-electron chi connectivity index (χ3n) is 4.88. The summed E-state index contributed by atoms with van der Waals surface area (Å²) in [7, 11) is -2.24. The van der Waals surface area contributed by atoms with Crippen LogP contribution in [0, 0.1) is 0 Å². The minimum atomic E-state index is -3.78. The Morgan fingerprint density at radius 1 is 1.03 bits per heavy atom. The summed E-state index contributed by atoms with van der Waals surface area (Å²) in [5.74, 6) is 0.607. The Labute approximate surface area is 188 Å². The molecule has 4 aromatic rings. The number of hydrogen-bond donors (Lipinski definition) is 1. The number of para-hydroxylation sites is 1. The minimum absolute atomic E-state index is 0.0914. The number of benzene rings is 3. The van der Waals surface area contributed by atoms with Crippen molar-refractivity contribution in [2.75, 3.05) is 7.11 Å². The lowest BCUT2D eigenvalue weighted by Crippen LogP contribution is -2.23. The summed E-state index contributed by atoms with van der Waals surface area (Å²) in [5.41, 5.74) is 2.21. The second kappa shape index (κ2) is 8.84. The minimum Gasteiger partial charge on any atom is -0.496 e. The van der Waals surface area contributed by atoms with Gasteiger partial charge in [-0.25, -0.2) is 13.1 Å². The van der Waals surface area contributed by atoms with Gasteiger partial charge in [-0.1, -0.05) is 59.3 Å². The molecule has 0 atom stereocenters. The average molecular weight is 475 g/mol. The Balaban J connectivity index is 1.62. The lowest BCUT2D eigenvalue weighted by Gasteiger charge is -2.10. The fourth-order valence-electron chi connectivity index (χ4n) is 3.27. The van der Waals surface area contributed by atoms with Crippen LogP contribution in [0.2, 0.25) is 5.02 Å². The SMILES string of the molecule is COc1ccccc1CNS(=O)(=O)c1ccc2c(c1)sc(=O)n2Cc1ccccc1Cl. The van der Waals surface area contributed by atoms with Crippen molar-refractivity contribution in [1.29, 1.82) is 0 Å². The summed E-state index contributed by atoms with van der Waals surface area (Å²) in [5, 5.41) is 0.577. The van der Waals surface area contributed by atoms with Crippen LogP contribution in [0.5, 0.6) is 5.75 Å². The molecule has 0 spiro atoms. The van der Waals surface area contributed by atoms with Gasteiger partial charge in [-0.15, -0.1) is 0 Å². The van der Waals surface area contributed by atoms with E-state index < -0.39 is 10.0 Å². The molecule has 0 fully saturated rings. The van der Waals surface area contributed by atoms with Gasteiger partial charge in [0.25, 0.3) is 0 Å². The van der Waals surface area contributed by atoms with E-state index in [2.05, 4.69) is 4.72 Å². The van der Waals surface area contributed by atoms with E-state index in [4.69, 9.17) is 16.3 Å². The van der Waals surface area contributed by atoms with Gasteiger partial charge in [0.05, 0.1) is 28.8 Å². The van der Waals surface area contributed by atoms with Crippen molar-refractivity contribution < 1.29 is 13.2 Å². The number of thiazole rings is 1. The highest BCUT2D eigenvalue weighted by Crippen LogP contribution is 2.25. The quantitative estimate of drug-likeness (QED) is 0.434. The molecule has 1 heterocycles. The zero-order chi connectivity index (χ0) is 22.0. The highest BCUT2D eigenvalue weighted by molar-refractivity contribution is 7.89. The Kier molecular flexibility index (Phi) is 6.15. The Bertz CT molecular complexity index is 1410. The Hall–Kier alpha value is -2.65. The van der Waals surface area contributed by atoms with Crippen LogP contribution in [-0.2, 0) is 23.1 Å². The number of ether oxygens (including phenoxy) is 1. The maximum atomic E-state index is 12.8. The number of nitrogens with zero attached hydrogens (tertiary/aromatic N) is 1. The summed E-state index contributed by atoms with van der Waals surface area (Å²) in [6, 6.07) is 19.2. The number of nitrogens with one attached hydrogen (secondary N) is 1. The summed E-state index contributed by atoms with van der Waals surface area (Å²) in [6.07, 6.45) is 0. The largest absolute Gasteiger partial charge is 0.496 e. The lowest BCUT2D eigenvalue weighted by atomic mass is 10.2. The molecule has 0 radical (unpaired) electrons. The van der Waals surface area contributed by atoms with Gasteiger partial charge in [0.1, 0.15) is 5.75 Å². The number of methoxy groups -OCH3 is 1. The van der Waals surface area contributed by atoms with Gasteiger partial charge in [0.2, 0.25) is 10.0 Å². The molecule has 6 nitrogen and oxygen atoms in total. The zero-order valence-corrected chi connectivity index (χ0v) is 18.9. The number of aromatic nitrogens is 1. The Morgan fingerprint density at radius 2 is 1.74 bits per heavy atom. The first-order chi connectivity index (χ1) is 14.9. The standard InChI is InChI=1S/C22H19ClN2O4S2/c1-29-20-9-5-3-6-15(20)13-24-31(27,28)17-10-11-19-21(12-17)30-22(26)25(19)14-16-7-2-4-8-18(16)23/h2-12,24H,13-14H2,1H3. The van der Waals surface area contributed by atoms with Crippen molar-refractivity contribution in [2.24, 2.45) is 0 Å². The smallest absolute Gasteiger partial charge is 0.308 e.